The van der Waals surface area contributed by atoms with E-state index in [1.54, 1.807) is 12.1 Å². The second-order valence-electron chi connectivity index (χ2n) is 5.99. The zero-order valence-electron chi connectivity index (χ0n) is 14.8. The van der Waals surface area contributed by atoms with Crippen LogP contribution in [0.25, 0.3) is 11.3 Å². The Balaban J connectivity index is 1.50. The average Bonchev–Trinajstić information content (AvgIpc) is 3.13. The molecule has 0 saturated heterocycles. The second-order valence-corrected chi connectivity index (χ2v) is 7.02. The Morgan fingerprint density at radius 1 is 0.857 bits per heavy atom. The summed E-state index contributed by atoms with van der Waals surface area (Å²) in [7, 11) is 0. The molecule has 1 amide bonds. The summed E-state index contributed by atoms with van der Waals surface area (Å²) in [6.45, 7) is 0. The molecular formula is C22H17N3O2S. The smallest absolute Gasteiger partial charge is 0.268 e. The van der Waals surface area contributed by atoms with E-state index in [1.165, 1.54) is 11.3 Å². The van der Waals surface area contributed by atoms with Gasteiger partial charge >= 0.3 is 0 Å². The van der Waals surface area contributed by atoms with Gasteiger partial charge in [0.1, 0.15) is 16.4 Å². The van der Waals surface area contributed by atoms with Crippen molar-refractivity contribution in [2.75, 3.05) is 11.1 Å². The molecule has 0 radical (unpaired) electrons. The summed E-state index contributed by atoms with van der Waals surface area (Å²) in [5.74, 6) is 1.20. The number of thiazole rings is 1. The number of rotatable bonds is 5. The van der Waals surface area contributed by atoms with Gasteiger partial charge in [0.15, 0.2) is 5.13 Å². The third kappa shape index (κ3) is 4.02. The van der Waals surface area contributed by atoms with E-state index in [0.717, 1.165) is 11.3 Å². The summed E-state index contributed by atoms with van der Waals surface area (Å²) < 4.78 is 5.77. The number of carbonyl (C=O) groups is 1. The Kier molecular flexibility index (Phi) is 5.03. The highest BCUT2D eigenvalue weighted by atomic mass is 32.1. The van der Waals surface area contributed by atoms with Gasteiger partial charge in [0.05, 0.1) is 5.69 Å². The summed E-state index contributed by atoms with van der Waals surface area (Å²) in [5, 5.41) is 3.25. The van der Waals surface area contributed by atoms with Gasteiger partial charge < -0.3 is 15.8 Å². The molecule has 0 aliphatic carbocycles. The average molecular weight is 387 g/mol. The molecule has 4 rings (SSSR count). The van der Waals surface area contributed by atoms with Crippen molar-refractivity contribution in [3.8, 4) is 22.8 Å². The Morgan fingerprint density at radius 3 is 2.14 bits per heavy atom. The van der Waals surface area contributed by atoms with Crippen LogP contribution < -0.4 is 15.8 Å². The maximum atomic E-state index is 12.8. The standard InChI is InChI=1S/C22H17N3O2S/c23-22-25-19(15-7-3-1-4-8-15)20(28-22)21(26)24-16-11-13-18(14-12-16)27-17-9-5-2-6-10-17/h1-14H,(H2,23,25)(H,24,26). The quantitative estimate of drug-likeness (QED) is 0.478. The highest BCUT2D eigenvalue weighted by molar-refractivity contribution is 7.17. The first kappa shape index (κ1) is 17.8. The van der Waals surface area contributed by atoms with Crippen molar-refractivity contribution in [1.29, 1.82) is 0 Å². The lowest BCUT2D eigenvalue weighted by atomic mass is 10.1. The van der Waals surface area contributed by atoms with Crippen molar-refractivity contribution in [2.24, 2.45) is 0 Å². The van der Waals surface area contributed by atoms with Crippen LogP contribution in [0.2, 0.25) is 0 Å². The van der Waals surface area contributed by atoms with Crippen molar-refractivity contribution in [3.05, 3.63) is 89.8 Å². The molecule has 6 heteroatoms. The summed E-state index contributed by atoms with van der Waals surface area (Å²) in [6.07, 6.45) is 0. The number of para-hydroxylation sites is 1. The number of ether oxygens (including phenoxy) is 1. The van der Waals surface area contributed by atoms with Crippen molar-refractivity contribution >= 4 is 28.1 Å². The van der Waals surface area contributed by atoms with E-state index in [2.05, 4.69) is 10.3 Å². The lowest BCUT2D eigenvalue weighted by Crippen LogP contribution is -2.11. The first-order valence-corrected chi connectivity index (χ1v) is 9.47. The van der Waals surface area contributed by atoms with Gasteiger partial charge in [-0.1, -0.05) is 59.9 Å². The molecule has 0 atom stereocenters. The summed E-state index contributed by atoms with van der Waals surface area (Å²) in [5.41, 5.74) is 7.96. The predicted octanol–water partition coefficient (Wildman–Crippen LogP) is 5.44. The number of nitrogens with one attached hydrogen (secondary N) is 1. The number of anilines is 2. The van der Waals surface area contributed by atoms with Crippen LogP contribution in [0.4, 0.5) is 10.8 Å². The van der Waals surface area contributed by atoms with Crippen LogP contribution in [0, 0.1) is 0 Å². The molecule has 1 aromatic heterocycles. The molecule has 3 aromatic carbocycles. The third-order valence-electron chi connectivity index (χ3n) is 3.99. The van der Waals surface area contributed by atoms with Crippen LogP contribution in [0.5, 0.6) is 11.5 Å². The molecule has 4 aromatic rings. The van der Waals surface area contributed by atoms with Gasteiger partial charge in [0, 0.05) is 11.3 Å². The van der Waals surface area contributed by atoms with Crippen molar-refractivity contribution in [1.82, 2.24) is 4.98 Å². The molecule has 0 unspecified atom stereocenters. The SMILES string of the molecule is Nc1nc(-c2ccccc2)c(C(=O)Nc2ccc(Oc3ccccc3)cc2)s1. The fourth-order valence-corrected chi connectivity index (χ4v) is 3.45. The van der Waals surface area contributed by atoms with E-state index >= 15 is 0 Å². The number of nitrogen functional groups attached to an aromatic ring is 1. The minimum atomic E-state index is -0.246. The Bertz CT molecular complexity index is 1080. The predicted molar refractivity (Wildman–Crippen MR) is 113 cm³/mol. The van der Waals surface area contributed by atoms with Gasteiger partial charge in [0.2, 0.25) is 0 Å². The normalized spacial score (nSPS) is 10.4. The van der Waals surface area contributed by atoms with Crippen LogP contribution in [0.15, 0.2) is 84.9 Å². The van der Waals surface area contributed by atoms with Gasteiger partial charge in [-0.3, -0.25) is 4.79 Å². The van der Waals surface area contributed by atoms with Gasteiger partial charge in [-0.2, -0.15) is 0 Å². The molecule has 0 saturated carbocycles. The first-order chi connectivity index (χ1) is 13.7. The molecule has 1 heterocycles. The van der Waals surface area contributed by atoms with E-state index in [9.17, 15) is 4.79 Å². The summed E-state index contributed by atoms with van der Waals surface area (Å²) in [6, 6.07) is 26.3. The lowest BCUT2D eigenvalue weighted by molar-refractivity contribution is 0.103. The number of hydrogen-bond acceptors (Lipinski definition) is 5. The molecule has 138 valence electrons. The molecule has 0 bridgehead atoms. The van der Waals surface area contributed by atoms with E-state index in [4.69, 9.17) is 10.5 Å². The van der Waals surface area contributed by atoms with Gasteiger partial charge in [0.25, 0.3) is 5.91 Å². The van der Waals surface area contributed by atoms with Crippen LogP contribution in [0.1, 0.15) is 9.67 Å². The van der Waals surface area contributed by atoms with E-state index in [0.29, 0.717) is 27.1 Å². The van der Waals surface area contributed by atoms with E-state index in [1.807, 2.05) is 72.8 Å². The first-order valence-electron chi connectivity index (χ1n) is 8.65. The van der Waals surface area contributed by atoms with Crippen LogP contribution in [-0.4, -0.2) is 10.9 Å². The number of carbonyl (C=O) groups excluding carboxylic acids is 1. The molecule has 0 aliphatic heterocycles. The molecule has 3 N–H and O–H groups in total. The topological polar surface area (TPSA) is 77.2 Å². The zero-order chi connectivity index (χ0) is 19.3. The highest BCUT2D eigenvalue weighted by Crippen LogP contribution is 2.30. The second kappa shape index (κ2) is 7.94. The highest BCUT2D eigenvalue weighted by Gasteiger charge is 2.18. The molecule has 0 aliphatic rings. The minimum Gasteiger partial charge on any atom is -0.457 e. The number of benzene rings is 3. The van der Waals surface area contributed by atoms with Crippen LogP contribution in [-0.2, 0) is 0 Å². The Hall–Kier alpha value is -3.64. The van der Waals surface area contributed by atoms with Gasteiger partial charge in [-0.15, -0.1) is 0 Å². The zero-order valence-corrected chi connectivity index (χ0v) is 15.6. The van der Waals surface area contributed by atoms with Crippen molar-refractivity contribution in [2.45, 2.75) is 0 Å². The fourth-order valence-electron chi connectivity index (χ4n) is 2.70. The molecule has 5 nitrogen and oxygen atoms in total. The number of hydrogen-bond donors (Lipinski definition) is 2. The van der Waals surface area contributed by atoms with Gasteiger partial charge in [-0.25, -0.2) is 4.98 Å². The summed E-state index contributed by atoms with van der Waals surface area (Å²) in [4.78, 5) is 17.6. The summed E-state index contributed by atoms with van der Waals surface area (Å²) >= 11 is 1.17. The number of aromatic nitrogens is 1. The number of nitrogens with two attached hydrogens (primary N) is 1. The number of nitrogens with zero attached hydrogens (tertiary/aromatic N) is 1. The maximum absolute atomic E-state index is 12.8. The fraction of sp³-hybridized carbons (Fsp3) is 0. The Morgan fingerprint density at radius 2 is 1.46 bits per heavy atom. The molecular weight excluding hydrogens is 370 g/mol. The van der Waals surface area contributed by atoms with Crippen molar-refractivity contribution < 1.29 is 9.53 Å². The Labute approximate surface area is 166 Å². The van der Waals surface area contributed by atoms with Gasteiger partial charge in [-0.05, 0) is 36.4 Å². The van der Waals surface area contributed by atoms with E-state index < -0.39 is 0 Å². The molecule has 28 heavy (non-hydrogen) atoms. The molecule has 0 fully saturated rings. The van der Waals surface area contributed by atoms with E-state index in [-0.39, 0.29) is 5.91 Å². The van der Waals surface area contributed by atoms with Crippen molar-refractivity contribution in [3.63, 3.8) is 0 Å². The van der Waals surface area contributed by atoms with Crippen LogP contribution >= 0.6 is 11.3 Å². The van der Waals surface area contributed by atoms with Crippen LogP contribution in [0.3, 0.4) is 0 Å². The third-order valence-corrected chi connectivity index (χ3v) is 4.87. The largest absolute Gasteiger partial charge is 0.457 e. The minimum absolute atomic E-state index is 0.246. The lowest BCUT2D eigenvalue weighted by Gasteiger charge is -2.08. The monoisotopic (exact) mass is 387 g/mol. The maximum Gasteiger partial charge on any atom is 0.268 e. The molecule has 0 spiro atoms. The number of amides is 1.